The standard InChI is InChI=1S/C12H15ClFN3O/c1-2-10-12(18)16-3-4-17(10)11-6-8(14)7(13)5-9(11)15/h5-6,10H,2-4,15H2,1H3,(H,16,18). The summed E-state index contributed by atoms with van der Waals surface area (Å²) in [5, 5.41) is 2.78. The molecule has 0 aliphatic carbocycles. The summed E-state index contributed by atoms with van der Waals surface area (Å²) in [7, 11) is 0. The van der Waals surface area contributed by atoms with Crippen molar-refractivity contribution in [2.75, 3.05) is 23.7 Å². The van der Waals surface area contributed by atoms with Gasteiger partial charge in [-0.25, -0.2) is 4.39 Å². The fourth-order valence-corrected chi connectivity index (χ4v) is 2.38. The first-order valence-electron chi connectivity index (χ1n) is 5.83. The minimum atomic E-state index is -0.526. The summed E-state index contributed by atoms with van der Waals surface area (Å²) in [5.74, 6) is -0.583. The van der Waals surface area contributed by atoms with Gasteiger partial charge in [0.2, 0.25) is 5.91 Å². The molecule has 1 aliphatic heterocycles. The number of nitrogens with two attached hydrogens (primary N) is 1. The highest BCUT2D eigenvalue weighted by Gasteiger charge is 2.29. The zero-order chi connectivity index (χ0) is 13.3. The maximum absolute atomic E-state index is 13.5. The molecule has 1 unspecified atom stereocenters. The number of nitrogens with zero attached hydrogens (tertiary/aromatic N) is 1. The monoisotopic (exact) mass is 271 g/mol. The molecule has 2 rings (SSSR count). The number of amides is 1. The molecule has 1 heterocycles. The number of rotatable bonds is 2. The second kappa shape index (κ2) is 5.02. The highest BCUT2D eigenvalue weighted by Crippen LogP contribution is 2.31. The fraction of sp³-hybridized carbons (Fsp3) is 0.417. The predicted molar refractivity (Wildman–Crippen MR) is 70.3 cm³/mol. The molecule has 98 valence electrons. The molecule has 0 aromatic heterocycles. The fourth-order valence-electron chi connectivity index (χ4n) is 2.21. The lowest BCUT2D eigenvalue weighted by Crippen LogP contribution is -2.55. The van der Waals surface area contributed by atoms with Gasteiger partial charge in [-0.1, -0.05) is 18.5 Å². The van der Waals surface area contributed by atoms with E-state index in [0.717, 1.165) is 0 Å². The Balaban J connectivity index is 2.40. The van der Waals surface area contributed by atoms with E-state index in [1.54, 1.807) is 0 Å². The average molecular weight is 272 g/mol. The van der Waals surface area contributed by atoms with E-state index in [1.165, 1.54) is 12.1 Å². The first-order chi connectivity index (χ1) is 8.54. The summed E-state index contributed by atoms with van der Waals surface area (Å²) < 4.78 is 13.5. The summed E-state index contributed by atoms with van der Waals surface area (Å²) in [6.45, 7) is 3.04. The van der Waals surface area contributed by atoms with Gasteiger partial charge >= 0.3 is 0 Å². The molecule has 3 N–H and O–H groups in total. The molecular formula is C12H15ClFN3O. The summed E-state index contributed by atoms with van der Waals surface area (Å²) in [6.07, 6.45) is 0.634. The third-order valence-corrected chi connectivity index (χ3v) is 3.39. The van der Waals surface area contributed by atoms with Gasteiger partial charge in [0.25, 0.3) is 0 Å². The average Bonchev–Trinajstić information content (AvgIpc) is 2.33. The van der Waals surface area contributed by atoms with E-state index in [9.17, 15) is 9.18 Å². The quantitative estimate of drug-likeness (QED) is 0.806. The van der Waals surface area contributed by atoms with Crippen LogP contribution < -0.4 is 16.0 Å². The van der Waals surface area contributed by atoms with Crippen molar-refractivity contribution in [3.05, 3.63) is 23.0 Å². The van der Waals surface area contributed by atoms with Crippen molar-refractivity contribution in [2.24, 2.45) is 0 Å². The number of halogens is 2. The maximum atomic E-state index is 13.5. The smallest absolute Gasteiger partial charge is 0.242 e. The van der Waals surface area contributed by atoms with Crippen LogP contribution in [0, 0.1) is 5.82 Å². The largest absolute Gasteiger partial charge is 0.397 e. The van der Waals surface area contributed by atoms with Gasteiger partial charge in [0.05, 0.1) is 16.4 Å². The number of carbonyl (C=O) groups excluding carboxylic acids is 1. The zero-order valence-corrected chi connectivity index (χ0v) is 10.8. The third-order valence-electron chi connectivity index (χ3n) is 3.10. The van der Waals surface area contributed by atoms with E-state index in [-0.39, 0.29) is 17.0 Å². The molecule has 0 radical (unpaired) electrons. The minimum absolute atomic E-state index is 0.00856. The van der Waals surface area contributed by atoms with Crippen LogP contribution in [0.15, 0.2) is 12.1 Å². The number of benzene rings is 1. The molecule has 1 aromatic rings. The lowest BCUT2D eigenvalue weighted by molar-refractivity contribution is -0.123. The summed E-state index contributed by atoms with van der Waals surface area (Å²) in [4.78, 5) is 13.6. The molecule has 0 saturated carbocycles. The summed E-state index contributed by atoms with van der Waals surface area (Å²) >= 11 is 5.67. The Bertz CT molecular complexity index is 481. The Morgan fingerprint density at radius 3 is 3.00 bits per heavy atom. The first kappa shape index (κ1) is 13.0. The molecule has 6 heteroatoms. The van der Waals surface area contributed by atoms with Gasteiger partial charge in [-0.3, -0.25) is 4.79 Å². The molecule has 1 amide bonds. The molecule has 4 nitrogen and oxygen atoms in total. The van der Waals surface area contributed by atoms with Crippen LogP contribution in [0.4, 0.5) is 15.8 Å². The number of hydrogen-bond acceptors (Lipinski definition) is 3. The topological polar surface area (TPSA) is 58.4 Å². The molecule has 1 atom stereocenters. The van der Waals surface area contributed by atoms with Crippen molar-refractivity contribution >= 4 is 28.9 Å². The second-order valence-electron chi connectivity index (χ2n) is 4.23. The molecule has 1 fully saturated rings. The van der Waals surface area contributed by atoms with Gasteiger partial charge < -0.3 is 16.0 Å². The molecule has 1 aromatic carbocycles. The highest BCUT2D eigenvalue weighted by molar-refractivity contribution is 6.31. The van der Waals surface area contributed by atoms with Crippen molar-refractivity contribution in [1.82, 2.24) is 5.32 Å². The number of carbonyl (C=O) groups is 1. The number of nitrogen functional groups attached to an aromatic ring is 1. The molecule has 1 aliphatic rings. The van der Waals surface area contributed by atoms with Crippen LogP contribution in [0.25, 0.3) is 0 Å². The lowest BCUT2D eigenvalue weighted by Gasteiger charge is -2.37. The van der Waals surface area contributed by atoms with Crippen LogP contribution >= 0.6 is 11.6 Å². The van der Waals surface area contributed by atoms with Crippen LogP contribution in [-0.4, -0.2) is 25.0 Å². The van der Waals surface area contributed by atoms with Crippen LogP contribution in [0.3, 0.4) is 0 Å². The molecule has 0 spiro atoms. The second-order valence-corrected chi connectivity index (χ2v) is 4.64. The van der Waals surface area contributed by atoms with E-state index >= 15 is 0 Å². The number of hydrogen-bond donors (Lipinski definition) is 2. The van der Waals surface area contributed by atoms with Gasteiger partial charge in [0.1, 0.15) is 11.9 Å². The highest BCUT2D eigenvalue weighted by atomic mass is 35.5. The van der Waals surface area contributed by atoms with E-state index < -0.39 is 5.82 Å². The molecule has 1 saturated heterocycles. The van der Waals surface area contributed by atoms with Gasteiger partial charge in [-0.2, -0.15) is 0 Å². The SMILES string of the molecule is CCC1C(=O)NCCN1c1cc(F)c(Cl)cc1N. The van der Waals surface area contributed by atoms with E-state index in [2.05, 4.69) is 5.32 Å². The van der Waals surface area contributed by atoms with Crippen LogP contribution in [0.2, 0.25) is 5.02 Å². The number of nitrogens with one attached hydrogen (secondary N) is 1. The summed E-state index contributed by atoms with van der Waals surface area (Å²) in [5.41, 5.74) is 6.77. The maximum Gasteiger partial charge on any atom is 0.242 e. The zero-order valence-electron chi connectivity index (χ0n) is 10.0. The number of anilines is 2. The van der Waals surface area contributed by atoms with Crippen molar-refractivity contribution in [2.45, 2.75) is 19.4 Å². The van der Waals surface area contributed by atoms with E-state index in [1.807, 2.05) is 11.8 Å². The van der Waals surface area contributed by atoms with Crippen LogP contribution in [-0.2, 0) is 4.79 Å². The Labute approximate surface area is 110 Å². The summed E-state index contributed by atoms with van der Waals surface area (Å²) in [6, 6.07) is 2.35. The minimum Gasteiger partial charge on any atom is -0.397 e. The third kappa shape index (κ3) is 2.22. The Kier molecular flexibility index (Phi) is 3.61. The number of piperazine rings is 1. The van der Waals surface area contributed by atoms with E-state index in [0.29, 0.717) is 30.9 Å². The van der Waals surface area contributed by atoms with Crippen molar-refractivity contribution in [3.8, 4) is 0 Å². The van der Waals surface area contributed by atoms with Gasteiger partial charge in [-0.15, -0.1) is 0 Å². The predicted octanol–water partition coefficient (Wildman–Crippen LogP) is 1.78. The van der Waals surface area contributed by atoms with Crippen LogP contribution in [0.5, 0.6) is 0 Å². The van der Waals surface area contributed by atoms with Crippen molar-refractivity contribution in [1.29, 1.82) is 0 Å². The molecule has 18 heavy (non-hydrogen) atoms. The normalized spacial score (nSPS) is 19.8. The molecule has 0 bridgehead atoms. The van der Waals surface area contributed by atoms with Gasteiger partial charge in [0.15, 0.2) is 0 Å². The first-order valence-corrected chi connectivity index (χ1v) is 6.21. The van der Waals surface area contributed by atoms with Gasteiger partial charge in [0, 0.05) is 19.2 Å². The Hall–Kier alpha value is -1.49. The van der Waals surface area contributed by atoms with Gasteiger partial charge in [-0.05, 0) is 12.5 Å². The van der Waals surface area contributed by atoms with Crippen molar-refractivity contribution < 1.29 is 9.18 Å². The van der Waals surface area contributed by atoms with Crippen LogP contribution in [0.1, 0.15) is 13.3 Å². The van der Waals surface area contributed by atoms with Crippen molar-refractivity contribution in [3.63, 3.8) is 0 Å². The Morgan fingerprint density at radius 1 is 1.61 bits per heavy atom. The van der Waals surface area contributed by atoms with E-state index in [4.69, 9.17) is 17.3 Å². The Morgan fingerprint density at radius 2 is 2.33 bits per heavy atom. The molecular weight excluding hydrogens is 257 g/mol. The lowest BCUT2D eigenvalue weighted by atomic mass is 10.1.